The molecule has 2 rings (SSSR count). The van der Waals surface area contributed by atoms with Gasteiger partial charge in [0.25, 0.3) is 0 Å². The summed E-state index contributed by atoms with van der Waals surface area (Å²) >= 11 is 0. The van der Waals surface area contributed by atoms with Crippen molar-refractivity contribution in [3.8, 4) is 0 Å². The molecule has 1 atom stereocenters. The van der Waals surface area contributed by atoms with Crippen molar-refractivity contribution < 1.29 is 9.59 Å². The SMILES string of the molecule is C=CCNC(=O)CN1CCN(C(=O)CCC2CCCN2)CC1.Cl.Cl. The van der Waals surface area contributed by atoms with E-state index >= 15 is 0 Å². The van der Waals surface area contributed by atoms with Crippen molar-refractivity contribution in [2.75, 3.05) is 45.8 Å². The first-order valence-corrected chi connectivity index (χ1v) is 8.30. The van der Waals surface area contributed by atoms with E-state index in [2.05, 4.69) is 22.1 Å². The molecule has 0 aromatic carbocycles. The number of amides is 2. The minimum absolute atomic E-state index is 0. The molecular weight excluding hydrogens is 351 g/mol. The van der Waals surface area contributed by atoms with Gasteiger partial charge in [0.2, 0.25) is 11.8 Å². The zero-order valence-corrected chi connectivity index (χ0v) is 15.8. The van der Waals surface area contributed by atoms with E-state index in [-0.39, 0.29) is 36.6 Å². The number of nitrogens with zero attached hydrogens (tertiary/aromatic N) is 2. The molecule has 2 aliphatic heterocycles. The van der Waals surface area contributed by atoms with Crippen LogP contribution in [0, 0.1) is 0 Å². The van der Waals surface area contributed by atoms with Gasteiger partial charge < -0.3 is 15.5 Å². The molecule has 0 radical (unpaired) electrons. The van der Waals surface area contributed by atoms with Gasteiger partial charge in [-0.15, -0.1) is 31.4 Å². The predicted molar refractivity (Wildman–Crippen MR) is 101 cm³/mol. The Hall–Kier alpha value is -0.820. The minimum Gasteiger partial charge on any atom is -0.352 e. The first-order valence-electron chi connectivity index (χ1n) is 8.30. The molecule has 0 aromatic heterocycles. The van der Waals surface area contributed by atoms with Gasteiger partial charge >= 0.3 is 0 Å². The van der Waals surface area contributed by atoms with Crippen molar-refractivity contribution in [3.63, 3.8) is 0 Å². The van der Waals surface area contributed by atoms with E-state index in [4.69, 9.17) is 0 Å². The van der Waals surface area contributed by atoms with Gasteiger partial charge in [-0.1, -0.05) is 6.08 Å². The fourth-order valence-corrected chi connectivity index (χ4v) is 3.06. The second kappa shape index (κ2) is 12.5. The lowest BCUT2D eigenvalue weighted by Gasteiger charge is -2.34. The highest BCUT2D eigenvalue weighted by atomic mass is 35.5. The van der Waals surface area contributed by atoms with Crippen LogP contribution < -0.4 is 10.6 Å². The van der Waals surface area contributed by atoms with E-state index in [9.17, 15) is 9.59 Å². The first-order chi connectivity index (χ1) is 10.7. The van der Waals surface area contributed by atoms with Gasteiger partial charge in [-0.05, 0) is 25.8 Å². The molecule has 0 aromatic rings. The third kappa shape index (κ3) is 7.83. The highest BCUT2D eigenvalue weighted by Crippen LogP contribution is 2.12. The molecule has 2 N–H and O–H groups in total. The number of piperazine rings is 1. The minimum atomic E-state index is 0. The summed E-state index contributed by atoms with van der Waals surface area (Å²) in [4.78, 5) is 27.9. The van der Waals surface area contributed by atoms with Crippen LogP contribution in [0.4, 0.5) is 0 Å². The number of hydrogen-bond donors (Lipinski definition) is 2. The summed E-state index contributed by atoms with van der Waals surface area (Å²) in [5, 5.41) is 6.21. The molecule has 2 amide bonds. The maximum Gasteiger partial charge on any atom is 0.234 e. The largest absolute Gasteiger partial charge is 0.352 e. The average Bonchev–Trinajstić information content (AvgIpc) is 3.05. The van der Waals surface area contributed by atoms with Crippen molar-refractivity contribution in [2.24, 2.45) is 0 Å². The lowest BCUT2D eigenvalue weighted by Crippen LogP contribution is -2.51. The molecule has 2 aliphatic rings. The predicted octanol–water partition coefficient (Wildman–Crippen LogP) is 0.809. The Balaban J connectivity index is 0.00000264. The van der Waals surface area contributed by atoms with Crippen LogP contribution in [-0.2, 0) is 9.59 Å². The number of hydrogen-bond acceptors (Lipinski definition) is 4. The molecule has 2 fully saturated rings. The van der Waals surface area contributed by atoms with Crippen LogP contribution in [0.15, 0.2) is 12.7 Å². The zero-order valence-electron chi connectivity index (χ0n) is 14.2. The van der Waals surface area contributed by atoms with E-state index in [1.165, 1.54) is 12.8 Å². The van der Waals surface area contributed by atoms with Crippen molar-refractivity contribution in [1.82, 2.24) is 20.4 Å². The Morgan fingerprint density at radius 3 is 2.50 bits per heavy atom. The normalized spacial score (nSPS) is 20.7. The van der Waals surface area contributed by atoms with E-state index in [1.807, 2.05) is 4.90 Å². The van der Waals surface area contributed by atoms with Crippen molar-refractivity contribution in [1.29, 1.82) is 0 Å². The van der Waals surface area contributed by atoms with Gasteiger partial charge in [-0.2, -0.15) is 0 Å². The van der Waals surface area contributed by atoms with Crippen LogP contribution in [0.2, 0.25) is 0 Å². The van der Waals surface area contributed by atoms with Gasteiger partial charge in [0.1, 0.15) is 0 Å². The Bertz CT molecular complexity index is 396. The maximum absolute atomic E-state index is 12.2. The molecule has 2 saturated heterocycles. The van der Waals surface area contributed by atoms with Gasteiger partial charge in [-0.3, -0.25) is 14.5 Å². The number of carbonyl (C=O) groups is 2. The molecular formula is C16H30Cl2N4O2. The number of halogens is 2. The molecule has 24 heavy (non-hydrogen) atoms. The van der Waals surface area contributed by atoms with Crippen LogP contribution >= 0.6 is 24.8 Å². The maximum atomic E-state index is 12.2. The number of rotatable bonds is 7. The van der Waals surface area contributed by atoms with Gasteiger partial charge in [0, 0.05) is 45.2 Å². The summed E-state index contributed by atoms with van der Waals surface area (Å²) in [6.45, 7) is 8.58. The molecule has 8 heteroatoms. The second-order valence-corrected chi connectivity index (χ2v) is 6.08. The monoisotopic (exact) mass is 380 g/mol. The van der Waals surface area contributed by atoms with Crippen LogP contribution in [0.5, 0.6) is 0 Å². The van der Waals surface area contributed by atoms with Crippen molar-refractivity contribution >= 4 is 36.6 Å². The zero-order chi connectivity index (χ0) is 15.8. The molecule has 0 aliphatic carbocycles. The molecule has 2 heterocycles. The molecule has 0 saturated carbocycles. The van der Waals surface area contributed by atoms with Gasteiger partial charge in [0.15, 0.2) is 0 Å². The van der Waals surface area contributed by atoms with Crippen LogP contribution in [0.1, 0.15) is 25.7 Å². The Kier molecular flexibility index (Phi) is 12.1. The van der Waals surface area contributed by atoms with Gasteiger partial charge in [-0.25, -0.2) is 0 Å². The molecule has 0 spiro atoms. The summed E-state index contributed by atoms with van der Waals surface area (Å²) in [6, 6.07) is 0.527. The number of nitrogens with one attached hydrogen (secondary N) is 2. The summed E-state index contributed by atoms with van der Waals surface area (Å²) in [5.41, 5.74) is 0. The van der Waals surface area contributed by atoms with E-state index in [1.54, 1.807) is 6.08 Å². The Labute approximate surface area is 157 Å². The van der Waals surface area contributed by atoms with E-state index in [0.717, 1.165) is 39.1 Å². The van der Waals surface area contributed by atoms with E-state index < -0.39 is 0 Å². The number of carbonyl (C=O) groups excluding carboxylic acids is 2. The topological polar surface area (TPSA) is 64.7 Å². The van der Waals surface area contributed by atoms with Crippen molar-refractivity contribution in [2.45, 2.75) is 31.7 Å². The highest BCUT2D eigenvalue weighted by molar-refractivity contribution is 5.85. The van der Waals surface area contributed by atoms with Gasteiger partial charge in [0.05, 0.1) is 6.54 Å². The lowest BCUT2D eigenvalue weighted by molar-refractivity contribution is -0.133. The highest BCUT2D eigenvalue weighted by Gasteiger charge is 2.23. The summed E-state index contributed by atoms with van der Waals surface area (Å²) in [5.74, 6) is 0.274. The Morgan fingerprint density at radius 1 is 1.21 bits per heavy atom. The smallest absolute Gasteiger partial charge is 0.234 e. The quantitative estimate of drug-likeness (QED) is 0.641. The summed E-state index contributed by atoms with van der Waals surface area (Å²) in [7, 11) is 0. The average molecular weight is 381 g/mol. The van der Waals surface area contributed by atoms with E-state index in [0.29, 0.717) is 25.6 Å². The standard InChI is InChI=1S/C16H28N4O2.2ClH/c1-2-7-18-15(21)13-19-9-11-20(12-10-19)16(22)6-5-14-4-3-8-17-14;;/h2,14,17H,1,3-13H2,(H,18,21);2*1H. The summed E-state index contributed by atoms with van der Waals surface area (Å²) < 4.78 is 0. The molecule has 140 valence electrons. The van der Waals surface area contributed by atoms with Crippen molar-refractivity contribution in [3.05, 3.63) is 12.7 Å². The summed E-state index contributed by atoms with van der Waals surface area (Å²) in [6.07, 6.45) is 5.68. The third-order valence-corrected chi connectivity index (χ3v) is 4.40. The molecule has 1 unspecified atom stereocenters. The molecule has 0 bridgehead atoms. The molecule has 6 nitrogen and oxygen atoms in total. The fourth-order valence-electron chi connectivity index (χ4n) is 3.06. The van der Waals surface area contributed by atoms with Crippen LogP contribution in [0.3, 0.4) is 0 Å². The third-order valence-electron chi connectivity index (χ3n) is 4.40. The first kappa shape index (κ1) is 23.2. The Morgan fingerprint density at radius 2 is 1.92 bits per heavy atom. The van der Waals surface area contributed by atoms with Crippen LogP contribution in [0.25, 0.3) is 0 Å². The lowest BCUT2D eigenvalue weighted by atomic mass is 10.1. The second-order valence-electron chi connectivity index (χ2n) is 6.08. The fraction of sp³-hybridized carbons (Fsp3) is 0.750. The van der Waals surface area contributed by atoms with Crippen LogP contribution in [-0.4, -0.2) is 73.5 Å².